The highest BCUT2D eigenvalue weighted by molar-refractivity contribution is 7.15. The van der Waals surface area contributed by atoms with E-state index in [0.29, 0.717) is 16.1 Å². The van der Waals surface area contributed by atoms with Gasteiger partial charge in [0, 0.05) is 43.4 Å². The number of carbonyl (C=O) groups excluding carboxylic acids is 1. The number of anilines is 2. The standard InChI is InChI=1S/C18H20N6O2S/c1-11-20-10-15(27-11)22-17(25)12-3-4-14(24-7-5-19-6-8-24)13-9-21-18(26-2)23-16(12)13/h3-4,9-10,19H,5-8H2,1-2H3,(H,22,25). The van der Waals surface area contributed by atoms with Crippen LogP contribution >= 0.6 is 11.3 Å². The summed E-state index contributed by atoms with van der Waals surface area (Å²) in [6.07, 6.45) is 3.39. The largest absolute Gasteiger partial charge is 0.467 e. The molecular formula is C18H20N6O2S. The van der Waals surface area contributed by atoms with Gasteiger partial charge in [-0.1, -0.05) is 0 Å². The van der Waals surface area contributed by atoms with Gasteiger partial charge in [-0.2, -0.15) is 4.98 Å². The van der Waals surface area contributed by atoms with Crippen molar-refractivity contribution >= 4 is 38.8 Å². The van der Waals surface area contributed by atoms with Crippen molar-refractivity contribution in [3.05, 3.63) is 35.1 Å². The van der Waals surface area contributed by atoms with Crippen molar-refractivity contribution in [2.75, 3.05) is 43.5 Å². The lowest BCUT2D eigenvalue weighted by Crippen LogP contribution is -2.43. The van der Waals surface area contributed by atoms with E-state index in [1.54, 1.807) is 12.4 Å². The minimum atomic E-state index is -0.226. The predicted molar refractivity (Wildman–Crippen MR) is 106 cm³/mol. The zero-order valence-electron chi connectivity index (χ0n) is 15.2. The fraction of sp³-hybridized carbons (Fsp3) is 0.333. The second-order valence-corrected chi connectivity index (χ2v) is 7.42. The number of piperazine rings is 1. The van der Waals surface area contributed by atoms with Crippen molar-refractivity contribution in [2.24, 2.45) is 0 Å². The summed E-state index contributed by atoms with van der Waals surface area (Å²) in [4.78, 5) is 28.0. The van der Waals surface area contributed by atoms with E-state index in [9.17, 15) is 4.79 Å². The number of carbonyl (C=O) groups is 1. The Morgan fingerprint density at radius 3 is 2.78 bits per heavy atom. The van der Waals surface area contributed by atoms with Gasteiger partial charge in [-0.25, -0.2) is 9.97 Å². The summed E-state index contributed by atoms with van der Waals surface area (Å²) in [6, 6.07) is 4.02. The van der Waals surface area contributed by atoms with Crippen LogP contribution in [0.25, 0.3) is 10.9 Å². The van der Waals surface area contributed by atoms with Gasteiger partial charge in [-0.05, 0) is 19.1 Å². The molecule has 1 saturated heterocycles. The van der Waals surface area contributed by atoms with Crippen LogP contribution in [0.5, 0.6) is 6.01 Å². The van der Waals surface area contributed by atoms with E-state index in [-0.39, 0.29) is 11.9 Å². The van der Waals surface area contributed by atoms with E-state index in [1.165, 1.54) is 18.4 Å². The number of hydrogen-bond donors (Lipinski definition) is 2. The van der Waals surface area contributed by atoms with E-state index in [4.69, 9.17) is 4.74 Å². The third-order valence-electron chi connectivity index (χ3n) is 4.45. The lowest BCUT2D eigenvalue weighted by atomic mass is 10.1. The number of thiazole rings is 1. The Hall–Kier alpha value is -2.78. The molecule has 2 N–H and O–H groups in total. The number of aryl methyl sites for hydroxylation is 1. The van der Waals surface area contributed by atoms with Crippen LogP contribution in [0.2, 0.25) is 0 Å². The molecule has 0 unspecified atom stereocenters. The number of methoxy groups -OCH3 is 1. The average Bonchev–Trinajstić information content (AvgIpc) is 3.11. The summed E-state index contributed by atoms with van der Waals surface area (Å²) in [6.45, 7) is 5.53. The number of fused-ring (bicyclic) bond motifs is 1. The van der Waals surface area contributed by atoms with Crippen LogP contribution in [0.4, 0.5) is 10.7 Å². The molecule has 140 valence electrons. The molecule has 8 nitrogen and oxygen atoms in total. The van der Waals surface area contributed by atoms with E-state index in [0.717, 1.165) is 42.3 Å². The summed E-state index contributed by atoms with van der Waals surface area (Å²) in [5.41, 5.74) is 2.09. The summed E-state index contributed by atoms with van der Waals surface area (Å²) in [7, 11) is 1.52. The predicted octanol–water partition coefficient (Wildman–Crippen LogP) is 2.07. The summed E-state index contributed by atoms with van der Waals surface area (Å²) < 4.78 is 5.18. The van der Waals surface area contributed by atoms with Gasteiger partial charge in [0.05, 0.1) is 29.4 Å². The van der Waals surface area contributed by atoms with Crippen molar-refractivity contribution in [3.8, 4) is 6.01 Å². The maximum absolute atomic E-state index is 12.9. The topological polar surface area (TPSA) is 92.3 Å². The van der Waals surface area contributed by atoms with Crippen LogP contribution in [0.1, 0.15) is 15.4 Å². The fourth-order valence-electron chi connectivity index (χ4n) is 3.15. The molecule has 0 aliphatic carbocycles. The highest BCUT2D eigenvalue weighted by Gasteiger charge is 2.20. The Labute approximate surface area is 160 Å². The normalized spacial score (nSPS) is 14.4. The first kappa shape index (κ1) is 17.6. The molecule has 3 heterocycles. The molecule has 9 heteroatoms. The number of nitrogens with one attached hydrogen (secondary N) is 2. The lowest BCUT2D eigenvalue weighted by molar-refractivity contribution is 0.102. The van der Waals surface area contributed by atoms with Gasteiger partial charge in [-0.15, -0.1) is 11.3 Å². The first-order chi connectivity index (χ1) is 13.2. The number of hydrogen-bond acceptors (Lipinski definition) is 8. The first-order valence-corrected chi connectivity index (χ1v) is 9.50. The molecular weight excluding hydrogens is 364 g/mol. The van der Waals surface area contributed by atoms with Gasteiger partial charge in [0.15, 0.2) is 0 Å². The third kappa shape index (κ3) is 3.56. The van der Waals surface area contributed by atoms with Gasteiger partial charge in [-0.3, -0.25) is 4.79 Å². The molecule has 0 atom stereocenters. The van der Waals surface area contributed by atoms with E-state index >= 15 is 0 Å². The van der Waals surface area contributed by atoms with Gasteiger partial charge >= 0.3 is 6.01 Å². The smallest absolute Gasteiger partial charge is 0.316 e. The molecule has 4 rings (SSSR count). The van der Waals surface area contributed by atoms with Crippen LogP contribution in [-0.4, -0.2) is 54.1 Å². The second-order valence-electron chi connectivity index (χ2n) is 6.19. The second kappa shape index (κ2) is 7.45. The summed E-state index contributed by atoms with van der Waals surface area (Å²) in [5.74, 6) is -0.226. The Morgan fingerprint density at radius 1 is 1.26 bits per heavy atom. The molecule has 1 aliphatic rings. The Bertz CT molecular complexity index is 983. The van der Waals surface area contributed by atoms with Gasteiger partial charge in [0.1, 0.15) is 5.00 Å². The first-order valence-electron chi connectivity index (χ1n) is 8.69. The Balaban J connectivity index is 1.76. The van der Waals surface area contributed by atoms with Crippen LogP contribution in [0.3, 0.4) is 0 Å². The molecule has 27 heavy (non-hydrogen) atoms. The molecule has 1 fully saturated rings. The number of nitrogens with zero attached hydrogens (tertiary/aromatic N) is 4. The van der Waals surface area contributed by atoms with Crippen molar-refractivity contribution in [1.82, 2.24) is 20.3 Å². The lowest BCUT2D eigenvalue weighted by Gasteiger charge is -2.30. The van der Waals surface area contributed by atoms with E-state index in [1.807, 2.05) is 19.1 Å². The highest BCUT2D eigenvalue weighted by Crippen LogP contribution is 2.30. The molecule has 1 aromatic carbocycles. The van der Waals surface area contributed by atoms with Crippen molar-refractivity contribution in [3.63, 3.8) is 0 Å². The number of amides is 1. The minimum absolute atomic E-state index is 0.226. The molecule has 2 aromatic heterocycles. The van der Waals surface area contributed by atoms with E-state index < -0.39 is 0 Å². The molecule has 0 spiro atoms. The molecule has 0 bridgehead atoms. The molecule has 1 amide bonds. The van der Waals surface area contributed by atoms with Gasteiger partial charge in [0.2, 0.25) is 0 Å². The molecule has 0 radical (unpaired) electrons. The maximum Gasteiger partial charge on any atom is 0.316 e. The SMILES string of the molecule is COc1ncc2c(N3CCNCC3)ccc(C(=O)Nc3cnc(C)s3)c2n1. The zero-order chi connectivity index (χ0) is 18.8. The van der Waals surface area contributed by atoms with Crippen molar-refractivity contribution < 1.29 is 9.53 Å². The van der Waals surface area contributed by atoms with Crippen LogP contribution in [0, 0.1) is 6.92 Å². The maximum atomic E-state index is 12.9. The number of rotatable bonds is 4. The number of benzene rings is 1. The highest BCUT2D eigenvalue weighted by atomic mass is 32.1. The molecule has 0 saturated carbocycles. The molecule has 1 aliphatic heterocycles. The van der Waals surface area contributed by atoms with Crippen molar-refractivity contribution in [1.29, 1.82) is 0 Å². The quantitative estimate of drug-likeness (QED) is 0.711. The van der Waals surface area contributed by atoms with Crippen LogP contribution in [-0.2, 0) is 0 Å². The van der Waals surface area contributed by atoms with Gasteiger partial charge in [0.25, 0.3) is 5.91 Å². The summed E-state index contributed by atoms with van der Waals surface area (Å²) >= 11 is 1.43. The number of aromatic nitrogens is 3. The Morgan fingerprint density at radius 2 is 2.07 bits per heavy atom. The van der Waals surface area contributed by atoms with Crippen molar-refractivity contribution in [2.45, 2.75) is 6.92 Å². The van der Waals surface area contributed by atoms with Gasteiger partial charge < -0.3 is 20.3 Å². The average molecular weight is 384 g/mol. The Kier molecular flexibility index (Phi) is 4.87. The fourth-order valence-corrected chi connectivity index (χ4v) is 3.82. The summed E-state index contributed by atoms with van der Waals surface area (Å²) in [5, 5.41) is 8.69. The minimum Gasteiger partial charge on any atom is -0.467 e. The zero-order valence-corrected chi connectivity index (χ0v) is 16.0. The monoisotopic (exact) mass is 384 g/mol. The molecule has 3 aromatic rings. The third-order valence-corrected chi connectivity index (χ3v) is 5.28. The van der Waals surface area contributed by atoms with Crippen LogP contribution < -0.4 is 20.3 Å². The number of ether oxygens (including phenoxy) is 1. The van der Waals surface area contributed by atoms with E-state index in [2.05, 4.69) is 30.5 Å². The van der Waals surface area contributed by atoms with Crippen LogP contribution in [0.15, 0.2) is 24.5 Å².